The number of rotatable bonds is 3. The fourth-order valence-electron chi connectivity index (χ4n) is 1.18. The van der Waals surface area contributed by atoms with Crippen LogP contribution in [0.5, 0.6) is 0 Å². The summed E-state index contributed by atoms with van der Waals surface area (Å²) in [5.74, 6) is 0.386. The molecule has 0 saturated carbocycles. The zero-order chi connectivity index (χ0) is 9.68. The van der Waals surface area contributed by atoms with E-state index in [1.54, 1.807) is 6.08 Å². The van der Waals surface area contributed by atoms with Crippen LogP contribution >= 0.6 is 0 Å². The summed E-state index contributed by atoms with van der Waals surface area (Å²) in [6, 6.07) is 0. The second kappa shape index (κ2) is 4.70. The fourth-order valence-corrected chi connectivity index (χ4v) is 1.18. The van der Waals surface area contributed by atoms with Crippen LogP contribution in [0.4, 0.5) is 0 Å². The maximum atomic E-state index is 10.7. The first-order chi connectivity index (χ1) is 6.24. The molecule has 0 aromatic heterocycles. The van der Waals surface area contributed by atoms with Crippen molar-refractivity contribution in [1.29, 1.82) is 0 Å². The van der Waals surface area contributed by atoms with Gasteiger partial charge in [0.25, 0.3) is 0 Å². The van der Waals surface area contributed by atoms with Crippen LogP contribution in [0.25, 0.3) is 0 Å². The third kappa shape index (κ3) is 2.93. The van der Waals surface area contributed by atoms with Crippen molar-refractivity contribution in [2.24, 2.45) is 0 Å². The molecule has 13 heavy (non-hydrogen) atoms. The van der Waals surface area contributed by atoms with E-state index < -0.39 is 6.10 Å². The molecule has 0 fully saturated rings. The molecular weight excluding hydrogens is 168 g/mol. The number of ether oxygens (including phenoxy) is 2. The molecule has 0 amide bonds. The number of esters is 1. The molecule has 1 aliphatic heterocycles. The van der Waals surface area contributed by atoms with E-state index in [9.17, 15) is 4.79 Å². The predicted octanol–water partition coefficient (Wildman–Crippen LogP) is 1.80. The third-order valence-corrected chi connectivity index (χ3v) is 1.75. The number of hydrogen-bond donors (Lipinski definition) is 0. The molecule has 0 spiro atoms. The Hall–Kier alpha value is -1.25. The van der Waals surface area contributed by atoms with Crippen LogP contribution in [0.15, 0.2) is 24.5 Å². The quantitative estimate of drug-likeness (QED) is 0.493. The topological polar surface area (TPSA) is 35.5 Å². The predicted molar refractivity (Wildman–Crippen MR) is 49.0 cm³/mol. The molecule has 0 bridgehead atoms. The molecule has 1 heterocycles. The Morgan fingerprint density at radius 2 is 2.62 bits per heavy atom. The summed E-state index contributed by atoms with van der Waals surface area (Å²) in [5, 5.41) is 0. The van der Waals surface area contributed by atoms with E-state index in [4.69, 9.17) is 9.47 Å². The van der Waals surface area contributed by atoms with Gasteiger partial charge in [0.15, 0.2) is 6.10 Å². The lowest BCUT2D eigenvalue weighted by atomic mass is 10.2. The van der Waals surface area contributed by atoms with Crippen molar-refractivity contribution < 1.29 is 14.3 Å². The highest BCUT2D eigenvalue weighted by Crippen LogP contribution is 2.16. The summed E-state index contributed by atoms with van der Waals surface area (Å²) in [6.45, 7) is 5.66. The Balaban J connectivity index is 2.59. The molecule has 0 aromatic rings. The van der Waals surface area contributed by atoms with Crippen molar-refractivity contribution in [2.45, 2.75) is 25.9 Å². The van der Waals surface area contributed by atoms with Crippen molar-refractivity contribution in [3.8, 4) is 0 Å². The van der Waals surface area contributed by atoms with Crippen molar-refractivity contribution in [3.63, 3.8) is 0 Å². The lowest BCUT2D eigenvalue weighted by Gasteiger charge is -2.20. The Labute approximate surface area is 78.0 Å². The van der Waals surface area contributed by atoms with Crippen LogP contribution in [0, 0.1) is 0 Å². The van der Waals surface area contributed by atoms with E-state index >= 15 is 0 Å². The summed E-state index contributed by atoms with van der Waals surface area (Å²) in [5.41, 5.74) is 0. The average molecular weight is 182 g/mol. The minimum absolute atomic E-state index is 0.319. The van der Waals surface area contributed by atoms with Gasteiger partial charge in [-0.3, -0.25) is 4.79 Å². The van der Waals surface area contributed by atoms with E-state index in [-0.39, 0.29) is 5.97 Å². The smallest absolute Gasteiger partial charge is 0.303 e. The highest BCUT2D eigenvalue weighted by molar-refractivity contribution is 5.66. The third-order valence-electron chi connectivity index (χ3n) is 1.75. The van der Waals surface area contributed by atoms with E-state index in [0.717, 1.165) is 12.8 Å². The molecule has 72 valence electrons. The Morgan fingerprint density at radius 1 is 1.85 bits per heavy atom. The molecule has 1 atom stereocenters. The second-order valence-corrected chi connectivity index (χ2v) is 2.86. The second-order valence-electron chi connectivity index (χ2n) is 2.86. The highest BCUT2D eigenvalue weighted by Gasteiger charge is 2.16. The van der Waals surface area contributed by atoms with Gasteiger partial charge in [-0.05, 0) is 25.0 Å². The summed E-state index contributed by atoms with van der Waals surface area (Å²) in [4.78, 5) is 10.7. The molecule has 1 aliphatic rings. The van der Waals surface area contributed by atoms with E-state index in [0.29, 0.717) is 12.4 Å². The zero-order valence-corrected chi connectivity index (χ0v) is 7.79. The molecular formula is C10H14O3. The molecule has 3 nitrogen and oxygen atoms in total. The molecule has 0 N–H and O–H groups in total. The molecule has 0 aliphatic carbocycles. The lowest BCUT2D eigenvalue weighted by Crippen LogP contribution is -2.20. The maximum Gasteiger partial charge on any atom is 0.303 e. The standard InChI is InChI=1S/C10H14O3/c1-3-9(13-8(2)11)10-6-4-5-7-12-10/h3,6,9H,1,4-5,7H2,2H3. The van der Waals surface area contributed by atoms with Gasteiger partial charge >= 0.3 is 5.97 Å². The molecule has 0 aromatic carbocycles. The van der Waals surface area contributed by atoms with E-state index in [1.807, 2.05) is 6.08 Å². The van der Waals surface area contributed by atoms with Crippen LogP contribution in [0.2, 0.25) is 0 Å². The molecule has 0 saturated heterocycles. The van der Waals surface area contributed by atoms with Crippen LogP contribution in [0.1, 0.15) is 19.8 Å². The largest absolute Gasteiger partial charge is 0.494 e. The van der Waals surface area contributed by atoms with Gasteiger partial charge in [-0.15, -0.1) is 0 Å². The zero-order valence-electron chi connectivity index (χ0n) is 7.79. The number of allylic oxidation sites excluding steroid dienone is 1. The summed E-state index contributed by atoms with van der Waals surface area (Å²) in [6.07, 6.45) is 5.09. The average Bonchev–Trinajstić information content (AvgIpc) is 2.15. The van der Waals surface area contributed by atoms with Gasteiger partial charge in [0, 0.05) is 6.92 Å². The van der Waals surface area contributed by atoms with E-state index in [1.165, 1.54) is 6.92 Å². The maximum absolute atomic E-state index is 10.7. The van der Waals surface area contributed by atoms with Gasteiger partial charge in [-0.2, -0.15) is 0 Å². The number of carbonyl (C=O) groups excluding carboxylic acids is 1. The van der Waals surface area contributed by atoms with Crippen molar-refractivity contribution >= 4 is 5.97 Å². The first-order valence-corrected chi connectivity index (χ1v) is 4.36. The van der Waals surface area contributed by atoms with Gasteiger partial charge in [-0.1, -0.05) is 6.58 Å². The first-order valence-electron chi connectivity index (χ1n) is 4.36. The van der Waals surface area contributed by atoms with Crippen LogP contribution in [-0.4, -0.2) is 18.7 Å². The Morgan fingerprint density at radius 3 is 3.08 bits per heavy atom. The van der Waals surface area contributed by atoms with Crippen molar-refractivity contribution in [3.05, 3.63) is 24.5 Å². The van der Waals surface area contributed by atoms with Crippen LogP contribution in [0.3, 0.4) is 0 Å². The highest BCUT2D eigenvalue weighted by atomic mass is 16.6. The summed E-state index contributed by atoms with van der Waals surface area (Å²) in [7, 11) is 0. The normalized spacial score (nSPS) is 18.1. The number of carbonyl (C=O) groups is 1. The lowest BCUT2D eigenvalue weighted by molar-refractivity contribution is -0.144. The molecule has 1 unspecified atom stereocenters. The van der Waals surface area contributed by atoms with Gasteiger partial charge in [-0.25, -0.2) is 0 Å². The van der Waals surface area contributed by atoms with Gasteiger partial charge in [0.05, 0.1) is 6.61 Å². The fraction of sp³-hybridized carbons (Fsp3) is 0.500. The van der Waals surface area contributed by atoms with E-state index in [2.05, 4.69) is 6.58 Å². The van der Waals surface area contributed by atoms with Gasteiger partial charge in [0.2, 0.25) is 0 Å². The molecule has 3 heteroatoms. The molecule has 0 radical (unpaired) electrons. The monoisotopic (exact) mass is 182 g/mol. The van der Waals surface area contributed by atoms with Crippen molar-refractivity contribution in [2.75, 3.05) is 6.61 Å². The SMILES string of the molecule is C=CC(OC(C)=O)C1=CCCCO1. The minimum Gasteiger partial charge on any atom is -0.494 e. The molecule has 1 rings (SSSR count). The minimum atomic E-state index is -0.419. The van der Waals surface area contributed by atoms with Crippen LogP contribution in [-0.2, 0) is 14.3 Å². The number of hydrogen-bond acceptors (Lipinski definition) is 3. The summed E-state index contributed by atoms with van der Waals surface area (Å²) < 4.78 is 10.3. The Kier molecular flexibility index (Phi) is 3.55. The van der Waals surface area contributed by atoms with Crippen molar-refractivity contribution in [1.82, 2.24) is 0 Å². The van der Waals surface area contributed by atoms with Gasteiger partial charge < -0.3 is 9.47 Å². The Bertz CT molecular complexity index is 230. The van der Waals surface area contributed by atoms with Gasteiger partial charge in [0.1, 0.15) is 5.76 Å². The van der Waals surface area contributed by atoms with Crippen LogP contribution < -0.4 is 0 Å². The first kappa shape index (κ1) is 9.84. The summed E-state index contributed by atoms with van der Waals surface area (Å²) >= 11 is 0.